The van der Waals surface area contributed by atoms with Gasteiger partial charge in [0.05, 0.1) is 17.6 Å². The highest BCUT2D eigenvalue weighted by atomic mass is 32.2. The molecule has 0 aliphatic carbocycles. The molecule has 1 aliphatic heterocycles. The van der Waals surface area contributed by atoms with E-state index in [-0.39, 0.29) is 10.8 Å². The Bertz CT molecular complexity index is 1270. The third kappa shape index (κ3) is 5.16. The van der Waals surface area contributed by atoms with E-state index in [1.54, 1.807) is 35.6 Å². The molecule has 0 fully saturated rings. The summed E-state index contributed by atoms with van der Waals surface area (Å²) in [5.74, 6) is -0.734. The van der Waals surface area contributed by atoms with E-state index in [9.17, 15) is 18.0 Å². The molecule has 0 spiro atoms. The normalized spacial score (nSPS) is 13.8. The number of fused-ring (bicyclic) bond motifs is 1. The molecule has 0 atom stereocenters. The highest BCUT2D eigenvalue weighted by Crippen LogP contribution is 2.28. The minimum atomic E-state index is -3.70. The SMILES string of the molecule is COC(=O)c1ccc(CCNC(=O)c2cccc(S(=O)(=O)N3CCc4sccc4C3)c2)cc1. The molecule has 1 N–H and O–H groups in total. The third-order valence-corrected chi connectivity index (χ3v) is 8.45. The summed E-state index contributed by atoms with van der Waals surface area (Å²) < 4.78 is 32.5. The minimum Gasteiger partial charge on any atom is -0.465 e. The molecule has 7 nitrogen and oxygen atoms in total. The maximum atomic E-state index is 13.2. The second-order valence-corrected chi connectivity index (χ2v) is 10.6. The molecule has 0 saturated heterocycles. The van der Waals surface area contributed by atoms with Crippen LogP contribution in [0, 0.1) is 0 Å². The predicted octanol–water partition coefficient (Wildman–Crippen LogP) is 3.25. The van der Waals surface area contributed by atoms with Crippen molar-refractivity contribution in [2.45, 2.75) is 24.3 Å². The zero-order valence-corrected chi connectivity index (χ0v) is 19.7. The van der Waals surface area contributed by atoms with Crippen LogP contribution in [0.4, 0.5) is 0 Å². The van der Waals surface area contributed by atoms with E-state index >= 15 is 0 Å². The van der Waals surface area contributed by atoms with Gasteiger partial charge in [-0.1, -0.05) is 18.2 Å². The van der Waals surface area contributed by atoms with E-state index in [2.05, 4.69) is 10.1 Å². The summed E-state index contributed by atoms with van der Waals surface area (Å²) in [5, 5.41) is 4.81. The number of ether oxygens (including phenoxy) is 1. The number of carbonyl (C=O) groups is 2. The van der Waals surface area contributed by atoms with Gasteiger partial charge in [0, 0.05) is 30.1 Å². The van der Waals surface area contributed by atoms with Gasteiger partial charge in [-0.3, -0.25) is 4.79 Å². The number of carbonyl (C=O) groups excluding carboxylic acids is 2. The Morgan fingerprint density at radius 1 is 1.09 bits per heavy atom. The number of benzene rings is 2. The van der Waals surface area contributed by atoms with Gasteiger partial charge >= 0.3 is 5.97 Å². The second kappa shape index (κ2) is 9.86. The number of esters is 1. The first-order valence-electron chi connectivity index (χ1n) is 10.5. The lowest BCUT2D eigenvalue weighted by Crippen LogP contribution is -2.35. The standard InChI is InChI=1S/C24H24N2O5S2/c1-31-24(28)18-7-5-17(6-8-18)9-12-25-23(27)19-3-2-4-21(15-19)33(29,30)26-13-10-22-20(16-26)11-14-32-22/h2-8,11,14-15H,9-10,12-13,16H2,1H3,(H,25,27). The number of sulfonamides is 1. The van der Waals surface area contributed by atoms with Gasteiger partial charge < -0.3 is 10.1 Å². The number of nitrogens with zero attached hydrogens (tertiary/aromatic N) is 1. The van der Waals surface area contributed by atoms with Crippen LogP contribution in [0.25, 0.3) is 0 Å². The van der Waals surface area contributed by atoms with Gasteiger partial charge in [0.25, 0.3) is 5.91 Å². The fraction of sp³-hybridized carbons (Fsp3) is 0.250. The Balaban J connectivity index is 1.38. The van der Waals surface area contributed by atoms with Gasteiger partial charge in [-0.05, 0) is 65.7 Å². The molecule has 1 aliphatic rings. The Hall–Kier alpha value is -3.01. The average Bonchev–Trinajstić information content (AvgIpc) is 3.32. The largest absolute Gasteiger partial charge is 0.465 e. The molecule has 172 valence electrons. The first kappa shape index (κ1) is 23.2. The average molecular weight is 485 g/mol. The fourth-order valence-electron chi connectivity index (χ4n) is 3.72. The lowest BCUT2D eigenvalue weighted by atomic mass is 10.1. The topological polar surface area (TPSA) is 92.8 Å². The molecule has 2 aromatic carbocycles. The van der Waals surface area contributed by atoms with Crippen LogP contribution < -0.4 is 5.32 Å². The molecular formula is C24H24N2O5S2. The molecule has 2 heterocycles. The summed E-state index contributed by atoms with van der Waals surface area (Å²) in [6, 6.07) is 15.1. The molecule has 0 bridgehead atoms. The van der Waals surface area contributed by atoms with E-state index in [4.69, 9.17) is 0 Å². The summed E-state index contributed by atoms with van der Waals surface area (Å²) in [6.07, 6.45) is 1.27. The third-order valence-electron chi connectivity index (χ3n) is 5.58. The quantitative estimate of drug-likeness (QED) is 0.520. The van der Waals surface area contributed by atoms with Crippen molar-refractivity contribution in [2.75, 3.05) is 20.2 Å². The van der Waals surface area contributed by atoms with Crippen molar-refractivity contribution < 1.29 is 22.7 Å². The highest BCUT2D eigenvalue weighted by Gasteiger charge is 2.29. The molecule has 3 aromatic rings. The van der Waals surface area contributed by atoms with Crippen molar-refractivity contribution in [3.63, 3.8) is 0 Å². The van der Waals surface area contributed by atoms with Crippen molar-refractivity contribution in [3.05, 3.63) is 87.1 Å². The molecule has 9 heteroatoms. The first-order valence-corrected chi connectivity index (χ1v) is 12.8. The number of rotatable bonds is 7. The smallest absolute Gasteiger partial charge is 0.337 e. The van der Waals surface area contributed by atoms with Crippen LogP contribution in [0.3, 0.4) is 0 Å². The first-order chi connectivity index (χ1) is 15.9. The van der Waals surface area contributed by atoms with E-state index in [1.165, 1.54) is 28.4 Å². The molecule has 0 saturated carbocycles. The van der Waals surface area contributed by atoms with Gasteiger partial charge in [0.1, 0.15) is 0 Å². The van der Waals surface area contributed by atoms with Gasteiger partial charge in [0.2, 0.25) is 10.0 Å². The van der Waals surface area contributed by atoms with Crippen molar-refractivity contribution >= 4 is 33.2 Å². The lowest BCUT2D eigenvalue weighted by Gasteiger charge is -2.26. The molecule has 0 unspecified atom stereocenters. The molecule has 4 rings (SSSR count). The maximum absolute atomic E-state index is 13.2. The number of amides is 1. The zero-order chi connectivity index (χ0) is 23.4. The number of methoxy groups -OCH3 is 1. The maximum Gasteiger partial charge on any atom is 0.337 e. The van der Waals surface area contributed by atoms with Crippen LogP contribution in [0.2, 0.25) is 0 Å². The Morgan fingerprint density at radius 3 is 2.64 bits per heavy atom. The van der Waals surface area contributed by atoms with Gasteiger partial charge in [-0.2, -0.15) is 4.31 Å². The van der Waals surface area contributed by atoms with Crippen LogP contribution >= 0.6 is 11.3 Å². The zero-order valence-electron chi connectivity index (χ0n) is 18.1. The van der Waals surface area contributed by atoms with Crippen LogP contribution in [0.5, 0.6) is 0 Å². The summed E-state index contributed by atoms with van der Waals surface area (Å²) in [6.45, 7) is 1.16. The number of hydrogen-bond donors (Lipinski definition) is 1. The minimum absolute atomic E-state index is 0.118. The molecule has 1 aromatic heterocycles. The fourth-order valence-corrected chi connectivity index (χ4v) is 6.08. The number of nitrogens with one attached hydrogen (secondary N) is 1. The van der Waals surface area contributed by atoms with Crippen LogP contribution in [0.15, 0.2) is 64.9 Å². The van der Waals surface area contributed by atoms with Crippen LogP contribution in [0.1, 0.15) is 36.7 Å². The van der Waals surface area contributed by atoms with Crippen LogP contribution in [-0.4, -0.2) is 44.8 Å². The van der Waals surface area contributed by atoms with E-state index in [0.29, 0.717) is 43.6 Å². The highest BCUT2D eigenvalue weighted by molar-refractivity contribution is 7.89. The number of thiophene rings is 1. The summed E-state index contributed by atoms with van der Waals surface area (Å²) in [7, 11) is -2.36. The van der Waals surface area contributed by atoms with Crippen molar-refractivity contribution in [2.24, 2.45) is 0 Å². The summed E-state index contributed by atoms with van der Waals surface area (Å²) in [5.41, 5.74) is 2.76. The summed E-state index contributed by atoms with van der Waals surface area (Å²) in [4.78, 5) is 25.5. The van der Waals surface area contributed by atoms with Crippen molar-refractivity contribution in [1.29, 1.82) is 0 Å². The molecular weight excluding hydrogens is 460 g/mol. The second-order valence-electron chi connectivity index (χ2n) is 7.68. The predicted molar refractivity (Wildman–Crippen MR) is 126 cm³/mol. The van der Waals surface area contributed by atoms with E-state index in [1.807, 2.05) is 23.6 Å². The lowest BCUT2D eigenvalue weighted by molar-refractivity contribution is 0.0600. The van der Waals surface area contributed by atoms with Gasteiger partial charge in [-0.15, -0.1) is 11.3 Å². The van der Waals surface area contributed by atoms with Gasteiger partial charge in [0.15, 0.2) is 0 Å². The van der Waals surface area contributed by atoms with E-state index in [0.717, 1.165) is 11.1 Å². The Morgan fingerprint density at radius 2 is 1.88 bits per heavy atom. The molecule has 0 radical (unpaired) electrons. The Kier molecular flexibility index (Phi) is 6.92. The monoisotopic (exact) mass is 484 g/mol. The van der Waals surface area contributed by atoms with Crippen molar-refractivity contribution in [1.82, 2.24) is 9.62 Å². The van der Waals surface area contributed by atoms with Crippen molar-refractivity contribution in [3.8, 4) is 0 Å². The van der Waals surface area contributed by atoms with E-state index < -0.39 is 16.0 Å². The molecule has 1 amide bonds. The molecule has 33 heavy (non-hydrogen) atoms. The van der Waals surface area contributed by atoms with Gasteiger partial charge in [-0.25, -0.2) is 13.2 Å². The summed E-state index contributed by atoms with van der Waals surface area (Å²) >= 11 is 1.65. The van der Waals surface area contributed by atoms with Crippen LogP contribution in [-0.2, 0) is 34.1 Å². The number of hydrogen-bond acceptors (Lipinski definition) is 6. The Labute approximate surface area is 197 Å².